The Hall–Kier alpha value is -6.17. The highest BCUT2D eigenvalue weighted by Gasteiger charge is 2.21. The van der Waals surface area contributed by atoms with E-state index < -0.39 is 0 Å². The molecule has 1 aliphatic heterocycles. The molecular formula is C34H27N11. The summed E-state index contributed by atoms with van der Waals surface area (Å²) in [6, 6.07) is 29.5. The van der Waals surface area contributed by atoms with E-state index in [1.165, 1.54) is 5.56 Å². The molecule has 11 nitrogen and oxygen atoms in total. The fraction of sp³-hybridized carbons (Fsp3) is 0.147. The molecule has 1 aliphatic rings. The van der Waals surface area contributed by atoms with Crippen LogP contribution < -0.4 is 10.6 Å². The van der Waals surface area contributed by atoms with Gasteiger partial charge in [-0.25, -0.2) is 24.9 Å². The predicted molar refractivity (Wildman–Crippen MR) is 171 cm³/mol. The van der Waals surface area contributed by atoms with Gasteiger partial charge in [0.1, 0.15) is 23.2 Å². The average molecular weight is 590 g/mol. The molecule has 1 saturated heterocycles. The summed E-state index contributed by atoms with van der Waals surface area (Å²) in [5.41, 5.74) is 12.7. The van der Waals surface area contributed by atoms with Crippen LogP contribution in [0.2, 0.25) is 0 Å². The number of piperazine rings is 1. The van der Waals surface area contributed by atoms with Gasteiger partial charge in [-0.1, -0.05) is 24.3 Å². The van der Waals surface area contributed by atoms with Crippen molar-refractivity contribution in [3.8, 4) is 40.5 Å². The van der Waals surface area contributed by atoms with E-state index in [-0.39, 0.29) is 5.82 Å². The lowest BCUT2D eigenvalue weighted by Gasteiger charge is -2.35. The lowest BCUT2D eigenvalue weighted by atomic mass is 10.1. The monoisotopic (exact) mass is 589 g/mol. The molecule has 0 spiro atoms. The van der Waals surface area contributed by atoms with Gasteiger partial charge in [0.2, 0.25) is 5.82 Å². The first-order valence-electron chi connectivity index (χ1n) is 14.5. The molecule has 2 N–H and O–H groups in total. The quantitative estimate of drug-likeness (QED) is 0.292. The van der Waals surface area contributed by atoms with Crippen LogP contribution in [0.3, 0.4) is 0 Å². The fourth-order valence-corrected chi connectivity index (χ4v) is 5.62. The van der Waals surface area contributed by atoms with Crippen LogP contribution >= 0.6 is 0 Å². The lowest BCUT2D eigenvalue weighted by Crippen LogP contribution is -2.46. The molecule has 2 aromatic carbocycles. The molecule has 218 valence electrons. The number of pyridine rings is 2. The number of nitriles is 2. The molecule has 5 heterocycles. The molecule has 0 aliphatic carbocycles. The van der Waals surface area contributed by atoms with E-state index in [4.69, 9.17) is 21.0 Å². The molecule has 0 amide bonds. The van der Waals surface area contributed by atoms with E-state index in [0.717, 1.165) is 66.6 Å². The Morgan fingerprint density at radius 2 is 1.62 bits per heavy atom. The molecule has 0 radical (unpaired) electrons. The Balaban J connectivity index is 1.18. The molecule has 6 aromatic rings. The highest BCUT2D eigenvalue weighted by molar-refractivity contribution is 5.84. The summed E-state index contributed by atoms with van der Waals surface area (Å²) in [7, 11) is 0. The molecule has 0 atom stereocenters. The van der Waals surface area contributed by atoms with Gasteiger partial charge in [-0.15, -0.1) is 0 Å². The van der Waals surface area contributed by atoms with E-state index in [9.17, 15) is 5.26 Å². The molecule has 0 saturated carbocycles. The van der Waals surface area contributed by atoms with Crippen molar-refractivity contribution in [2.75, 3.05) is 36.8 Å². The second-order valence-corrected chi connectivity index (χ2v) is 10.7. The van der Waals surface area contributed by atoms with Crippen molar-refractivity contribution in [2.45, 2.75) is 6.54 Å². The van der Waals surface area contributed by atoms with Gasteiger partial charge in [0.25, 0.3) is 0 Å². The maximum atomic E-state index is 9.41. The number of nitrogen functional groups attached to an aromatic ring is 1. The van der Waals surface area contributed by atoms with Gasteiger partial charge >= 0.3 is 0 Å². The molecule has 0 unspecified atom stereocenters. The number of nitrogens with zero attached hydrogens (tertiary/aromatic N) is 10. The maximum Gasteiger partial charge on any atom is 0.234 e. The minimum Gasteiger partial charge on any atom is -0.383 e. The maximum absolute atomic E-state index is 9.41. The number of hydrogen-bond donors (Lipinski definition) is 1. The number of nitrogens with two attached hydrogens (primary N) is 1. The lowest BCUT2D eigenvalue weighted by molar-refractivity contribution is 0.249. The van der Waals surface area contributed by atoms with Gasteiger partial charge in [-0.3, -0.25) is 9.47 Å². The van der Waals surface area contributed by atoms with Gasteiger partial charge in [0, 0.05) is 56.4 Å². The molecule has 1 fully saturated rings. The molecule has 11 heteroatoms. The standard InChI is InChI=1S/C34H27N11/c35-20-24-3-1-4-25(19-24)28-10-11-29-34(40-28)45(33(41-29)27-5-2-13-39-32(27)37)26-8-6-23(7-9-26)22-43-15-17-44(18-16-43)31-12-14-38-30(21-36)42-31/h1-14,19H,15-18,22H2,(H2,37,39). The molecule has 7 rings (SSSR count). The Morgan fingerprint density at radius 1 is 0.778 bits per heavy atom. The van der Waals surface area contributed by atoms with Gasteiger partial charge < -0.3 is 10.6 Å². The third kappa shape index (κ3) is 5.52. The second kappa shape index (κ2) is 11.8. The first-order valence-corrected chi connectivity index (χ1v) is 14.5. The van der Waals surface area contributed by atoms with Crippen molar-refractivity contribution < 1.29 is 0 Å². The summed E-state index contributed by atoms with van der Waals surface area (Å²) in [6.45, 7) is 4.21. The van der Waals surface area contributed by atoms with Crippen molar-refractivity contribution in [1.29, 1.82) is 10.5 Å². The van der Waals surface area contributed by atoms with Crippen LogP contribution in [0.25, 0.3) is 39.5 Å². The van der Waals surface area contributed by atoms with Gasteiger partial charge in [-0.05, 0) is 60.2 Å². The van der Waals surface area contributed by atoms with Crippen LogP contribution in [0.1, 0.15) is 17.0 Å². The average Bonchev–Trinajstić information content (AvgIpc) is 3.48. The van der Waals surface area contributed by atoms with Gasteiger partial charge in [0.15, 0.2) is 11.5 Å². The summed E-state index contributed by atoms with van der Waals surface area (Å²) in [6.07, 6.45) is 3.30. The fourth-order valence-electron chi connectivity index (χ4n) is 5.62. The number of benzene rings is 2. The van der Waals surface area contributed by atoms with Crippen LogP contribution in [-0.2, 0) is 6.54 Å². The molecule has 45 heavy (non-hydrogen) atoms. The third-order valence-electron chi connectivity index (χ3n) is 7.91. The van der Waals surface area contributed by atoms with Crippen molar-refractivity contribution >= 4 is 22.8 Å². The number of hydrogen-bond acceptors (Lipinski definition) is 10. The van der Waals surface area contributed by atoms with Crippen LogP contribution in [0.4, 0.5) is 11.6 Å². The van der Waals surface area contributed by atoms with Crippen molar-refractivity contribution in [1.82, 2.24) is 34.4 Å². The van der Waals surface area contributed by atoms with Crippen LogP contribution in [-0.4, -0.2) is 60.6 Å². The van der Waals surface area contributed by atoms with Crippen molar-refractivity contribution in [3.05, 3.63) is 108 Å². The Kier molecular flexibility index (Phi) is 7.28. The summed E-state index contributed by atoms with van der Waals surface area (Å²) in [5.74, 6) is 2.02. The number of fused-ring (bicyclic) bond motifs is 1. The predicted octanol–water partition coefficient (Wildman–Crippen LogP) is 4.59. The van der Waals surface area contributed by atoms with Crippen molar-refractivity contribution in [3.63, 3.8) is 0 Å². The Labute approximate surface area is 259 Å². The summed E-state index contributed by atoms with van der Waals surface area (Å²) < 4.78 is 2.01. The van der Waals surface area contributed by atoms with Crippen LogP contribution in [0, 0.1) is 22.7 Å². The van der Waals surface area contributed by atoms with Crippen molar-refractivity contribution in [2.24, 2.45) is 0 Å². The van der Waals surface area contributed by atoms with E-state index in [1.54, 1.807) is 18.5 Å². The zero-order valence-electron chi connectivity index (χ0n) is 24.2. The zero-order valence-corrected chi connectivity index (χ0v) is 24.2. The smallest absolute Gasteiger partial charge is 0.234 e. The van der Waals surface area contributed by atoms with E-state index >= 15 is 0 Å². The third-order valence-corrected chi connectivity index (χ3v) is 7.91. The minimum absolute atomic E-state index is 0.190. The van der Waals surface area contributed by atoms with Crippen LogP contribution in [0.5, 0.6) is 0 Å². The summed E-state index contributed by atoms with van der Waals surface area (Å²) >= 11 is 0. The number of rotatable bonds is 6. The topological polar surface area (TPSA) is 149 Å². The zero-order chi connectivity index (χ0) is 30.8. The Bertz CT molecular complexity index is 2100. The van der Waals surface area contributed by atoms with E-state index in [2.05, 4.69) is 55.1 Å². The Morgan fingerprint density at radius 3 is 2.40 bits per heavy atom. The second-order valence-electron chi connectivity index (χ2n) is 10.7. The number of anilines is 2. The molecule has 4 aromatic heterocycles. The summed E-state index contributed by atoms with van der Waals surface area (Å²) in [4.78, 5) is 27.2. The molecule has 0 bridgehead atoms. The largest absolute Gasteiger partial charge is 0.383 e. The minimum atomic E-state index is 0.190. The first-order chi connectivity index (χ1) is 22.1. The van der Waals surface area contributed by atoms with E-state index in [0.29, 0.717) is 22.9 Å². The normalized spacial score (nSPS) is 13.4. The van der Waals surface area contributed by atoms with Gasteiger partial charge in [-0.2, -0.15) is 10.5 Å². The number of aromatic nitrogens is 6. The number of imidazole rings is 1. The first kappa shape index (κ1) is 27.7. The highest BCUT2D eigenvalue weighted by Crippen LogP contribution is 2.32. The summed E-state index contributed by atoms with van der Waals surface area (Å²) in [5, 5.41) is 18.5. The van der Waals surface area contributed by atoms with Crippen LogP contribution in [0.15, 0.2) is 91.3 Å². The SMILES string of the molecule is N#Cc1cccc(-c2ccc3nc(-c4cccnc4N)n(-c4ccc(CN5CCN(c6ccnc(C#N)n6)CC5)cc4)c3n2)c1. The van der Waals surface area contributed by atoms with E-state index in [1.807, 2.05) is 59.2 Å². The molecular weight excluding hydrogens is 562 g/mol. The highest BCUT2D eigenvalue weighted by atomic mass is 15.3. The van der Waals surface area contributed by atoms with Gasteiger partial charge in [0.05, 0.1) is 22.9 Å².